The predicted octanol–water partition coefficient (Wildman–Crippen LogP) is 2.44. The van der Waals surface area contributed by atoms with Gasteiger partial charge in [0.25, 0.3) is 0 Å². The maximum atomic E-state index is 12.1. The highest BCUT2D eigenvalue weighted by molar-refractivity contribution is 9.11. The van der Waals surface area contributed by atoms with E-state index in [2.05, 4.69) is 36.6 Å². The van der Waals surface area contributed by atoms with Gasteiger partial charge in [-0.2, -0.15) is 0 Å². The molecule has 112 valence electrons. The van der Waals surface area contributed by atoms with E-state index in [-0.39, 0.29) is 30.1 Å². The first-order valence-electron chi connectivity index (χ1n) is 5.95. The Morgan fingerprint density at radius 2 is 2.05 bits per heavy atom. The fraction of sp³-hybridized carbons (Fsp3) is 0.308. The number of rotatable bonds is 3. The fourth-order valence-corrected chi connectivity index (χ4v) is 3.69. The van der Waals surface area contributed by atoms with Crippen LogP contribution < -0.4 is 4.90 Å². The second kappa shape index (κ2) is 6.15. The number of carboxylic acids is 1. The van der Waals surface area contributed by atoms with Crippen LogP contribution in [0.3, 0.4) is 0 Å². The Balaban J connectivity index is 2.45. The quantitative estimate of drug-likeness (QED) is 0.759. The third-order valence-corrected chi connectivity index (χ3v) is 4.25. The van der Waals surface area contributed by atoms with Crippen LogP contribution in [-0.4, -0.2) is 36.6 Å². The lowest BCUT2D eigenvalue weighted by molar-refractivity contribution is -0.145. The van der Waals surface area contributed by atoms with Gasteiger partial charge in [0.1, 0.15) is 0 Å². The number of hydrogen-bond donors (Lipinski definition) is 1. The van der Waals surface area contributed by atoms with Crippen LogP contribution in [0.5, 0.6) is 0 Å². The number of benzene rings is 1. The predicted molar refractivity (Wildman–Crippen MR) is 81.3 cm³/mol. The number of hydrogen-bond acceptors (Lipinski definition) is 4. The number of methoxy groups -OCH3 is 1. The standard InChI is InChI=1S/C13H11Br2NO5/c1-21-13(20)6-2-10(17)16(5-6)11-8(12(18)19)3-7(14)4-9(11)15/h3-4,6H,2,5H2,1H3,(H,18,19). The zero-order valence-corrected chi connectivity index (χ0v) is 14.1. The van der Waals surface area contributed by atoms with Crippen molar-refractivity contribution < 1.29 is 24.2 Å². The first kappa shape index (κ1) is 16.0. The fourth-order valence-electron chi connectivity index (χ4n) is 2.25. The summed E-state index contributed by atoms with van der Waals surface area (Å²) in [5.74, 6) is -2.52. The molecule has 1 aromatic carbocycles. The van der Waals surface area contributed by atoms with E-state index in [0.717, 1.165) is 0 Å². The summed E-state index contributed by atoms with van der Waals surface area (Å²) in [7, 11) is 1.26. The number of carboxylic acid groups (broad SMARTS) is 1. The Kier molecular flexibility index (Phi) is 4.67. The molecule has 1 atom stereocenters. The minimum Gasteiger partial charge on any atom is -0.478 e. The molecular weight excluding hydrogens is 410 g/mol. The highest BCUT2D eigenvalue weighted by atomic mass is 79.9. The SMILES string of the molecule is COC(=O)C1CC(=O)N(c2c(Br)cc(Br)cc2C(=O)O)C1. The average Bonchev–Trinajstić information content (AvgIpc) is 2.78. The smallest absolute Gasteiger partial charge is 0.337 e. The lowest BCUT2D eigenvalue weighted by Gasteiger charge is -2.20. The molecule has 1 N–H and O–H groups in total. The number of ether oxygens (including phenoxy) is 1. The van der Waals surface area contributed by atoms with Crippen molar-refractivity contribution in [3.63, 3.8) is 0 Å². The van der Waals surface area contributed by atoms with Crippen molar-refractivity contribution >= 4 is 55.4 Å². The molecule has 8 heteroatoms. The number of esters is 1. The number of aromatic carboxylic acids is 1. The third-order valence-electron chi connectivity index (χ3n) is 3.19. The lowest BCUT2D eigenvalue weighted by Crippen LogP contribution is -2.28. The van der Waals surface area contributed by atoms with E-state index in [4.69, 9.17) is 0 Å². The van der Waals surface area contributed by atoms with Gasteiger partial charge in [-0.1, -0.05) is 15.9 Å². The van der Waals surface area contributed by atoms with Crippen molar-refractivity contribution in [1.29, 1.82) is 0 Å². The number of carbonyl (C=O) groups excluding carboxylic acids is 2. The van der Waals surface area contributed by atoms with Gasteiger partial charge in [0, 0.05) is 21.9 Å². The number of halogens is 2. The van der Waals surface area contributed by atoms with Gasteiger partial charge in [0.15, 0.2) is 0 Å². The van der Waals surface area contributed by atoms with E-state index in [1.807, 2.05) is 0 Å². The maximum absolute atomic E-state index is 12.1. The molecule has 1 amide bonds. The van der Waals surface area contributed by atoms with Crippen LogP contribution in [-0.2, 0) is 14.3 Å². The minimum atomic E-state index is -1.15. The monoisotopic (exact) mass is 419 g/mol. The molecule has 1 heterocycles. The van der Waals surface area contributed by atoms with Gasteiger partial charge in [-0.25, -0.2) is 4.79 Å². The van der Waals surface area contributed by atoms with Crippen LogP contribution in [0, 0.1) is 5.92 Å². The molecule has 2 rings (SSSR count). The van der Waals surface area contributed by atoms with Gasteiger partial charge in [-0.3, -0.25) is 9.59 Å². The largest absolute Gasteiger partial charge is 0.478 e. The molecule has 21 heavy (non-hydrogen) atoms. The summed E-state index contributed by atoms with van der Waals surface area (Å²) >= 11 is 6.49. The van der Waals surface area contributed by atoms with Crippen molar-refractivity contribution in [3.05, 3.63) is 26.6 Å². The first-order valence-corrected chi connectivity index (χ1v) is 7.54. The van der Waals surface area contributed by atoms with Gasteiger partial charge in [-0.15, -0.1) is 0 Å². The first-order chi connectivity index (χ1) is 9.85. The minimum absolute atomic E-state index is 0.00817. The second-order valence-corrected chi connectivity index (χ2v) is 6.29. The van der Waals surface area contributed by atoms with E-state index in [1.54, 1.807) is 6.07 Å². The van der Waals surface area contributed by atoms with E-state index in [9.17, 15) is 19.5 Å². The van der Waals surface area contributed by atoms with Crippen LogP contribution >= 0.6 is 31.9 Å². The van der Waals surface area contributed by atoms with Gasteiger partial charge in [0.2, 0.25) is 5.91 Å². The number of nitrogens with zero attached hydrogens (tertiary/aromatic N) is 1. The molecule has 1 saturated heterocycles. The zero-order valence-electron chi connectivity index (χ0n) is 10.9. The summed E-state index contributed by atoms with van der Waals surface area (Å²) in [5, 5.41) is 9.31. The molecule has 1 unspecified atom stereocenters. The highest BCUT2D eigenvalue weighted by Gasteiger charge is 2.38. The van der Waals surface area contributed by atoms with E-state index in [1.165, 1.54) is 18.1 Å². The van der Waals surface area contributed by atoms with Crippen molar-refractivity contribution in [2.24, 2.45) is 5.92 Å². The topological polar surface area (TPSA) is 83.9 Å². The molecule has 0 aliphatic carbocycles. The summed E-state index contributed by atoms with van der Waals surface area (Å²) < 4.78 is 5.68. The summed E-state index contributed by atoms with van der Waals surface area (Å²) in [4.78, 5) is 36.4. The molecule has 0 bridgehead atoms. The molecule has 0 aromatic heterocycles. The van der Waals surface area contributed by atoms with Crippen LogP contribution in [0.25, 0.3) is 0 Å². The Morgan fingerprint density at radius 1 is 1.38 bits per heavy atom. The summed E-state index contributed by atoms with van der Waals surface area (Å²) in [6.07, 6.45) is 0.00817. The summed E-state index contributed by atoms with van der Waals surface area (Å²) in [6.45, 7) is 0.103. The third kappa shape index (κ3) is 3.11. The molecule has 0 saturated carbocycles. The average molecular weight is 421 g/mol. The molecule has 6 nitrogen and oxygen atoms in total. The van der Waals surface area contributed by atoms with Crippen molar-refractivity contribution in [2.75, 3.05) is 18.6 Å². The number of anilines is 1. The Morgan fingerprint density at radius 3 is 2.62 bits per heavy atom. The maximum Gasteiger partial charge on any atom is 0.337 e. The van der Waals surface area contributed by atoms with Crippen LogP contribution in [0.15, 0.2) is 21.1 Å². The number of carbonyl (C=O) groups is 3. The van der Waals surface area contributed by atoms with Crippen LogP contribution in [0.4, 0.5) is 5.69 Å². The summed E-state index contributed by atoms with van der Waals surface area (Å²) in [5.41, 5.74) is 0.234. The van der Waals surface area contributed by atoms with E-state index >= 15 is 0 Å². The number of amides is 1. The van der Waals surface area contributed by atoms with Gasteiger partial charge in [0.05, 0.1) is 24.3 Å². The lowest BCUT2D eigenvalue weighted by atomic mass is 10.1. The Bertz CT molecular complexity index is 631. The van der Waals surface area contributed by atoms with Gasteiger partial charge >= 0.3 is 11.9 Å². The van der Waals surface area contributed by atoms with Crippen LogP contribution in [0.1, 0.15) is 16.8 Å². The Labute approximate surface area is 137 Å². The highest BCUT2D eigenvalue weighted by Crippen LogP contribution is 2.37. The molecule has 1 aromatic rings. The molecular formula is C13H11Br2NO5. The van der Waals surface area contributed by atoms with Gasteiger partial charge < -0.3 is 14.7 Å². The van der Waals surface area contributed by atoms with E-state index < -0.39 is 17.9 Å². The molecule has 1 aliphatic heterocycles. The molecule has 1 aliphatic rings. The van der Waals surface area contributed by atoms with Crippen molar-refractivity contribution in [2.45, 2.75) is 6.42 Å². The molecule has 1 fully saturated rings. The molecule has 0 radical (unpaired) electrons. The zero-order chi connectivity index (χ0) is 15.7. The Hall–Kier alpha value is -1.41. The van der Waals surface area contributed by atoms with Gasteiger partial charge in [-0.05, 0) is 28.1 Å². The summed E-state index contributed by atoms with van der Waals surface area (Å²) in [6, 6.07) is 3.07. The second-order valence-electron chi connectivity index (χ2n) is 4.52. The van der Waals surface area contributed by atoms with E-state index in [0.29, 0.717) is 8.95 Å². The normalized spacial score (nSPS) is 18.0. The van der Waals surface area contributed by atoms with Crippen molar-refractivity contribution in [1.82, 2.24) is 0 Å². The van der Waals surface area contributed by atoms with Crippen molar-refractivity contribution in [3.8, 4) is 0 Å². The molecule has 0 spiro atoms. The van der Waals surface area contributed by atoms with Crippen LogP contribution in [0.2, 0.25) is 0 Å².